The Morgan fingerprint density at radius 3 is 0.883 bits per heavy atom. The molecule has 16 rings (SSSR count). The van der Waals surface area contributed by atoms with Crippen LogP contribution in [-0.4, -0.2) is 173 Å². The highest BCUT2D eigenvalue weighted by molar-refractivity contribution is 7.11. The molecule has 10 aromatic rings. The van der Waals surface area contributed by atoms with E-state index < -0.39 is 6.17 Å². The summed E-state index contributed by atoms with van der Waals surface area (Å²) in [6.45, 7) is 29.1. The molecule has 638 valence electrons. The van der Waals surface area contributed by atoms with E-state index in [9.17, 15) is 32.8 Å². The Balaban J connectivity index is 0.000000138. The molecule has 15 heterocycles. The van der Waals surface area contributed by atoms with Crippen molar-refractivity contribution >= 4 is 85.6 Å². The number of pyridine rings is 5. The monoisotopic (exact) mass is 1740 g/mol. The second kappa shape index (κ2) is 42.1. The Labute approximate surface area is 717 Å². The van der Waals surface area contributed by atoms with Crippen LogP contribution < -0.4 is 23.7 Å². The van der Waals surface area contributed by atoms with Crippen LogP contribution in [-0.2, 0) is 55.8 Å². The molecule has 0 bridgehead atoms. The maximum absolute atomic E-state index is 13.4. The average Bonchev–Trinajstić information content (AvgIpc) is 1.65. The molecule has 11 atom stereocenters. The number of halogens is 2. The summed E-state index contributed by atoms with van der Waals surface area (Å²) in [5.74, 6) is 3.45. The van der Waals surface area contributed by atoms with Crippen molar-refractivity contribution in [1.29, 1.82) is 0 Å². The van der Waals surface area contributed by atoms with E-state index in [1.54, 1.807) is 60.0 Å². The van der Waals surface area contributed by atoms with Crippen molar-refractivity contribution in [3.05, 3.63) is 198 Å². The molecular weight excluding hydrogens is 1640 g/mol. The van der Waals surface area contributed by atoms with Gasteiger partial charge in [0.1, 0.15) is 119 Å². The van der Waals surface area contributed by atoms with Crippen molar-refractivity contribution in [1.82, 2.24) is 49.8 Å². The lowest BCUT2D eigenvalue weighted by molar-refractivity contribution is 0.0976. The first-order valence-electron chi connectivity index (χ1n) is 40.3. The molecule has 0 aromatic carbocycles. The summed E-state index contributed by atoms with van der Waals surface area (Å²) in [4.78, 5) is 106. The van der Waals surface area contributed by atoms with Crippen LogP contribution in [0.5, 0.6) is 28.7 Å². The van der Waals surface area contributed by atoms with E-state index in [4.69, 9.17) is 47.4 Å². The molecule has 6 aliphatic rings. The van der Waals surface area contributed by atoms with Gasteiger partial charge in [-0.25, -0.2) is 54.2 Å². The number of ketones is 5. The number of aryl methyl sites for hydroxylation is 8. The third-order valence-corrected chi connectivity index (χ3v) is 24.2. The molecule has 0 spiro atoms. The first-order valence-corrected chi connectivity index (χ1v) is 44.7. The fourth-order valence-electron chi connectivity index (χ4n) is 13.7. The van der Waals surface area contributed by atoms with Crippen LogP contribution in [0, 0.1) is 60.5 Å². The fourth-order valence-corrected chi connectivity index (χ4v) is 17.7. The zero-order valence-electron chi connectivity index (χ0n) is 69.9. The number of hydrogen-bond acceptors (Lipinski definition) is 30. The molecule has 32 heteroatoms. The van der Waals surface area contributed by atoms with Gasteiger partial charge in [0.15, 0.2) is 34.0 Å². The van der Waals surface area contributed by atoms with Gasteiger partial charge in [0.05, 0.1) is 113 Å². The first-order chi connectivity index (χ1) is 57.3. The van der Waals surface area contributed by atoms with Crippen LogP contribution in [0.1, 0.15) is 233 Å². The van der Waals surface area contributed by atoms with Crippen molar-refractivity contribution < 1.29 is 80.1 Å². The summed E-state index contributed by atoms with van der Waals surface area (Å²) in [6, 6.07) is 17.7. The predicted molar refractivity (Wildman–Crippen MR) is 454 cm³/mol. The Morgan fingerprint density at radius 2 is 0.642 bits per heavy atom. The van der Waals surface area contributed by atoms with Crippen LogP contribution in [0.25, 0.3) is 0 Å². The quantitative estimate of drug-likeness (QED) is 0.0432. The summed E-state index contributed by atoms with van der Waals surface area (Å²) in [5, 5.41) is 10.8. The van der Waals surface area contributed by atoms with E-state index in [2.05, 4.69) is 55.2 Å². The standard InChI is InChI=1S/C19H22N2O3S.C18H21FN2O3S.C17H19FN2O3S.2C17H20N2O3S/c1-11-5-14(24-15-6-12(2)23-9-15)7-16(20-11)18(22)8-19-21-17(10-25-19)13-3-4-13;1-10-4-13(24-14-5-11(2)23-8-14)6-15(20-10)17(22)7-18-21-16(9-25-18)12(3)19;1-9-4-12(23-13-5-10(2)22-8-13)6-14(19-9)15(21)7-16-20-11(3)17(18)24-16;2*1-10-4-13(22-14-5-12(3)21-8-14)6-15(18-10)16(20)7-17-19-11(2)9-23-17/h5,7,10,12-13,15H,3-4,6,8-9H2,1-2H3;4,6,9,11-12,14H,5,7-8H2,1-3H3;4,6,10,13H,5,7-8H2,1-3H3;2*4,6,9,12,14H,5,7-8H2,1-3H3/t12-,15-;11-,12?,14-;10-,13-;12-,14+;12-,14-/m11101/s1. The number of thiazole rings is 5. The predicted octanol–water partition coefficient (Wildman–Crippen LogP) is 17.1. The van der Waals surface area contributed by atoms with Gasteiger partial charge in [0, 0.05) is 160 Å². The number of alkyl halides is 1. The van der Waals surface area contributed by atoms with Gasteiger partial charge in [-0.2, -0.15) is 4.39 Å². The average molecular weight is 1740 g/mol. The molecular formula is C88H102F2N10O15S5. The van der Waals surface area contributed by atoms with E-state index in [0.29, 0.717) is 135 Å². The van der Waals surface area contributed by atoms with Gasteiger partial charge in [0.2, 0.25) is 0 Å². The number of ether oxygens (including phenoxy) is 10. The molecule has 120 heavy (non-hydrogen) atoms. The summed E-state index contributed by atoms with van der Waals surface area (Å²) >= 11 is 6.75. The highest BCUT2D eigenvalue weighted by Gasteiger charge is 2.32. The van der Waals surface area contributed by atoms with E-state index in [0.717, 1.165) is 92.6 Å². The smallest absolute Gasteiger partial charge is 0.199 e. The summed E-state index contributed by atoms with van der Waals surface area (Å²) in [5.41, 5.74) is 9.40. The molecule has 6 fully saturated rings. The Hall–Kier alpha value is -9.09. The van der Waals surface area contributed by atoms with Crippen LogP contribution >= 0.6 is 56.7 Å². The van der Waals surface area contributed by atoms with Gasteiger partial charge >= 0.3 is 0 Å². The molecule has 25 nitrogen and oxygen atoms in total. The van der Waals surface area contributed by atoms with E-state index in [1.807, 2.05) is 118 Å². The number of aromatic nitrogens is 10. The molecule has 1 saturated carbocycles. The van der Waals surface area contributed by atoms with Crippen molar-refractivity contribution in [2.45, 2.75) is 247 Å². The lowest BCUT2D eigenvalue weighted by atomic mass is 10.1. The summed E-state index contributed by atoms with van der Waals surface area (Å²) < 4.78 is 83.9. The molecule has 0 N–H and O–H groups in total. The molecule has 5 aliphatic heterocycles. The van der Waals surface area contributed by atoms with E-state index in [1.165, 1.54) is 53.8 Å². The van der Waals surface area contributed by atoms with E-state index >= 15 is 0 Å². The number of nitrogens with zero attached hydrogens (tertiary/aromatic N) is 10. The molecule has 5 saturated heterocycles. The number of hydrogen-bond donors (Lipinski definition) is 0. The lowest BCUT2D eigenvalue weighted by Crippen LogP contribution is -2.17. The zero-order chi connectivity index (χ0) is 85.4. The third kappa shape index (κ3) is 27.5. The number of carbonyl (C=O) groups excluding carboxylic acids is 5. The van der Waals surface area contributed by atoms with Gasteiger partial charge in [0.25, 0.3) is 0 Å². The van der Waals surface area contributed by atoms with Crippen LogP contribution in [0.15, 0.2) is 82.2 Å². The van der Waals surface area contributed by atoms with Gasteiger partial charge in [-0.1, -0.05) is 11.3 Å². The van der Waals surface area contributed by atoms with Gasteiger partial charge < -0.3 is 47.4 Å². The molecule has 1 aliphatic carbocycles. The Kier molecular flexibility index (Phi) is 31.7. The second-order valence-corrected chi connectivity index (χ2v) is 36.0. The lowest BCUT2D eigenvalue weighted by Gasteiger charge is -2.13. The molecule has 0 amide bonds. The van der Waals surface area contributed by atoms with Crippen molar-refractivity contribution in [2.75, 3.05) is 33.0 Å². The minimum atomic E-state index is -1.13. The van der Waals surface area contributed by atoms with Crippen LogP contribution in [0.2, 0.25) is 0 Å². The van der Waals surface area contributed by atoms with Crippen molar-refractivity contribution in [2.24, 2.45) is 0 Å². The molecule has 10 aromatic heterocycles. The fraction of sp³-hybridized carbons (Fsp3) is 0.489. The normalized spacial score (nSPS) is 21.2. The van der Waals surface area contributed by atoms with Crippen molar-refractivity contribution in [3.8, 4) is 28.7 Å². The second-order valence-electron chi connectivity index (χ2n) is 31.2. The summed E-state index contributed by atoms with van der Waals surface area (Å²) in [7, 11) is 0. The van der Waals surface area contributed by atoms with Gasteiger partial charge in [-0.3, -0.25) is 24.0 Å². The SMILES string of the molecule is Cc1cc(O[C@H]2CO[C@@H](C)C2)cc(C(=O)Cc2nc(C)cs2)n1.Cc1cc(O[C@H]2CO[C@H](C)C2)cc(C(=O)Cc2nc(C(C)F)cs2)n1.Cc1cc(O[C@H]2CO[C@H](C)C2)cc(C(=O)Cc2nc(C)c(F)s2)n1.Cc1cc(O[C@H]2CO[C@H](C)C2)cc(C(=O)Cc2nc(C)cs2)n1.Cc1cc(O[C@H]2CO[C@H](C)C2)cc(C(=O)Cc2nc(C3CC3)cs2)n1. The molecule has 0 radical (unpaired) electrons. The highest BCUT2D eigenvalue weighted by atomic mass is 32.1. The minimum Gasteiger partial charge on any atom is -0.488 e. The van der Waals surface area contributed by atoms with Crippen molar-refractivity contribution in [3.63, 3.8) is 0 Å². The van der Waals surface area contributed by atoms with Gasteiger partial charge in [-0.05, 0) is 110 Å². The third-order valence-electron chi connectivity index (χ3n) is 19.6. The highest BCUT2D eigenvalue weighted by Crippen LogP contribution is 2.40. The number of rotatable bonds is 27. The maximum Gasteiger partial charge on any atom is 0.199 e. The molecule has 1 unspecified atom stereocenters. The number of carbonyl (C=O) groups is 5. The summed E-state index contributed by atoms with van der Waals surface area (Å²) in [6.07, 6.45) is 7.69. The number of Topliss-reactive ketones (excluding diaryl/α,β-unsaturated/α-hetero) is 5. The zero-order valence-corrected chi connectivity index (χ0v) is 74.0. The minimum absolute atomic E-state index is 0.00712. The van der Waals surface area contributed by atoms with Crippen LogP contribution in [0.3, 0.4) is 0 Å². The maximum atomic E-state index is 13.4. The topological polar surface area (TPSA) is 307 Å². The Morgan fingerprint density at radius 1 is 0.367 bits per heavy atom. The Bertz CT molecular complexity index is 4940. The van der Waals surface area contributed by atoms with E-state index in [-0.39, 0.29) is 121 Å². The largest absolute Gasteiger partial charge is 0.488 e. The van der Waals surface area contributed by atoms with Crippen LogP contribution in [0.4, 0.5) is 8.78 Å². The first kappa shape index (κ1) is 90.2. The van der Waals surface area contributed by atoms with Gasteiger partial charge in [-0.15, -0.1) is 45.3 Å².